The summed E-state index contributed by atoms with van der Waals surface area (Å²) in [5.41, 5.74) is -0.302. The Bertz CT molecular complexity index is 649. The zero-order chi connectivity index (χ0) is 15.1. The molecule has 0 spiro atoms. The molecule has 0 bridgehead atoms. The first-order valence-corrected chi connectivity index (χ1v) is 6.41. The van der Waals surface area contributed by atoms with Crippen molar-refractivity contribution in [3.05, 3.63) is 28.5 Å². The summed E-state index contributed by atoms with van der Waals surface area (Å²) in [7, 11) is 0. The van der Waals surface area contributed by atoms with Gasteiger partial charge >= 0.3 is 0 Å². The van der Waals surface area contributed by atoms with Crippen molar-refractivity contribution >= 4 is 29.0 Å². The van der Waals surface area contributed by atoms with E-state index in [2.05, 4.69) is 6.07 Å². The standard InChI is InChI=1S/C14H12ClFN2O2/c1-14(2,7-17)3-4-18-11-6-10(16)9(15)5-8(11)12(19)13(18)20/h5-6H,3-4H2,1-2H3. The molecule has 4 nitrogen and oxygen atoms in total. The minimum Gasteiger partial charge on any atom is -0.305 e. The third-order valence-corrected chi connectivity index (χ3v) is 3.57. The van der Waals surface area contributed by atoms with Crippen molar-refractivity contribution in [2.24, 2.45) is 5.41 Å². The number of Topliss-reactive ketones (excluding diaryl/α,β-unsaturated/α-hetero) is 1. The minimum atomic E-state index is -0.713. The third kappa shape index (κ3) is 2.39. The van der Waals surface area contributed by atoms with Crippen LogP contribution in [0.2, 0.25) is 5.02 Å². The molecule has 0 aromatic heterocycles. The van der Waals surface area contributed by atoms with Crippen molar-refractivity contribution in [2.45, 2.75) is 20.3 Å². The second-order valence-electron chi connectivity index (χ2n) is 5.32. The second-order valence-corrected chi connectivity index (χ2v) is 5.72. The molecule has 0 fully saturated rings. The highest BCUT2D eigenvalue weighted by Gasteiger charge is 2.37. The maximum Gasteiger partial charge on any atom is 0.299 e. The number of benzene rings is 1. The van der Waals surface area contributed by atoms with Crippen molar-refractivity contribution in [1.82, 2.24) is 0 Å². The maximum atomic E-state index is 13.5. The topological polar surface area (TPSA) is 61.2 Å². The maximum absolute atomic E-state index is 13.5. The van der Waals surface area contributed by atoms with Gasteiger partial charge in [0.15, 0.2) is 0 Å². The number of halogens is 2. The normalized spacial score (nSPS) is 14.4. The SMILES string of the molecule is CC(C)(C#N)CCN1C(=O)C(=O)c2cc(Cl)c(F)cc21. The summed E-state index contributed by atoms with van der Waals surface area (Å²) in [6, 6.07) is 4.37. The molecule has 0 unspecified atom stereocenters. The van der Waals surface area contributed by atoms with Gasteiger partial charge in [-0.05, 0) is 32.4 Å². The van der Waals surface area contributed by atoms with Gasteiger partial charge in [0.05, 0.1) is 27.8 Å². The van der Waals surface area contributed by atoms with Crippen LogP contribution >= 0.6 is 11.6 Å². The Balaban J connectivity index is 2.34. The van der Waals surface area contributed by atoms with Crippen LogP contribution in [0.25, 0.3) is 0 Å². The molecular weight excluding hydrogens is 283 g/mol. The highest BCUT2D eigenvalue weighted by atomic mass is 35.5. The molecule has 1 aromatic carbocycles. The molecule has 20 heavy (non-hydrogen) atoms. The van der Waals surface area contributed by atoms with Crippen molar-refractivity contribution in [2.75, 3.05) is 11.4 Å². The Morgan fingerprint density at radius 3 is 2.65 bits per heavy atom. The van der Waals surface area contributed by atoms with E-state index in [-0.39, 0.29) is 22.8 Å². The van der Waals surface area contributed by atoms with E-state index in [1.54, 1.807) is 13.8 Å². The fourth-order valence-electron chi connectivity index (χ4n) is 1.96. The molecule has 1 heterocycles. The summed E-state index contributed by atoms with van der Waals surface area (Å²) in [6.07, 6.45) is 0.381. The number of hydrogen-bond donors (Lipinski definition) is 0. The van der Waals surface area contributed by atoms with Crippen LogP contribution in [-0.4, -0.2) is 18.2 Å². The van der Waals surface area contributed by atoms with Crippen LogP contribution in [0.15, 0.2) is 12.1 Å². The summed E-state index contributed by atoms with van der Waals surface area (Å²) in [6.45, 7) is 3.65. The molecule has 0 N–H and O–H groups in total. The monoisotopic (exact) mass is 294 g/mol. The molecule has 104 valence electrons. The van der Waals surface area contributed by atoms with E-state index in [1.165, 1.54) is 11.0 Å². The zero-order valence-corrected chi connectivity index (χ0v) is 11.8. The molecule has 1 amide bonds. The van der Waals surface area contributed by atoms with E-state index >= 15 is 0 Å². The third-order valence-electron chi connectivity index (χ3n) is 3.28. The molecule has 0 saturated heterocycles. The van der Waals surface area contributed by atoms with Gasteiger partial charge in [-0.3, -0.25) is 9.59 Å². The Hall–Kier alpha value is -1.93. The number of rotatable bonds is 3. The number of ketones is 1. The highest BCUT2D eigenvalue weighted by Crippen LogP contribution is 2.34. The van der Waals surface area contributed by atoms with E-state index in [9.17, 15) is 14.0 Å². The first-order chi connectivity index (χ1) is 9.26. The summed E-state index contributed by atoms with van der Waals surface area (Å²) in [4.78, 5) is 24.9. The fraction of sp³-hybridized carbons (Fsp3) is 0.357. The Kier molecular flexibility index (Phi) is 3.53. The van der Waals surface area contributed by atoms with Gasteiger partial charge in [-0.2, -0.15) is 5.26 Å². The molecule has 0 saturated carbocycles. The number of anilines is 1. The molecule has 6 heteroatoms. The van der Waals surface area contributed by atoms with Gasteiger partial charge in [-0.25, -0.2) is 4.39 Å². The fourth-order valence-corrected chi connectivity index (χ4v) is 2.12. The molecule has 0 aliphatic carbocycles. The minimum absolute atomic E-state index is 0.108. The first-order valence-electron chi connectivity index (χ1n) is 6.03. The average Bonchev–Trinajstić information content (AvgIpc) is 2.61. The van der Waals surface area contributed by atoms with Crippen molar-refractivity contribution in [3.8, 4) is 6.07 Å². The van der Waals surface area contributed by atoms with Crippen LogP contribution in [0.1, 0.15) is 30.6 Å². The number of amides is 1. The molecule has 1 aliphatic rings. The summed E-state index contributed by atoms with van der Waals surface area (Å²) in [5, 5.41) is 8.77. The number of fused-ring (bicyclic) bond motifs is 1. The molecule has 0 atom stereocenters. The molecule has 0 radical (unpaired) electrons. The van der Waals surface area contributed by atoms with Gasteiger partial charge in [-0.1, -0.05) is 11.6 Å². The van der Waals surface area contributed by atoms with Crippen molar-refractivity contribution < 1.29 is 14.0 Å². The Labute approximate surface area is 120 Å². The van der Waals surface area contributed by atoms with Crippen LogP contribution in [0, 0.1) is 22.6 Å². The van der Waals surface area contributed by atoms with Crippen LogP contribution in [0.5, 0.6) is 0 Å². The van der Waals surface area contributed by atoms with Crippen LogP contribution in [-0.2, 0) is 4.79 Å². The zero-order valence-electron chi connectivity index (χ0n) is 11.0. The number of nitrogens with zero attached hydrogens (tertiary/aromatic N) is 2. The highest BCUT2D eigenvalue weighted by molar-refractivity contribution is 6.52. The van der Waals surface area contributed by atoms with E-state index in [4.69, 9.17) is 16.9 Å². The smallest absolute Gasteiger partial charge is 0.299 e. The van der Waals surface area contributed by atoms with E-state index < -0.39 is 22.9 Å². The lowest BCUT2D eigenvalue weighted by molar-refractivity contribution is -0.114. The number of carbonyl (C=O) groups is 2. The van der Waals surface area contributed by atoms with Crippen molar-refractivity contribution in [1.29, 1.82) is 5.26 Å². The van der Waals surface area contributed by atoms with Gasteiger partial charge in [0.25, 0.3) is 11.7 Å². The molecule has 1 aromatic rings. The van der Waals surface area contributed by atoms with E-state index in [0.29, 0.717) is 6.42 Å². The Morgan fingerprint density at radius 2 is 2.05 bits per heavy atom. The number of hydrogen-bond acceptors (Lipinski definition) is 3. The lowest BCUT2D eigenvalue weighted by atomic mass is 9.91. The summed E-state index contributed by atoms with van der Waals surface area (Å²) >= 11 is 5.63. The number of carbonyl (C=O) groups excluding carboxylic acids is 2. The molecule has 1 aliphatic heterocycles. The second kappa shape index (κ2) is 4.88. The van der Waals surface area contributed by atoms with E-state index in [1.807, 2.05) is 0 Å². The van der Waals surface area contributed by atoms with Gasteiger partial charge < -0.3 is 4.90 Å². The summed E-state index contributed by atoms with van der Waals surface area (Å²) in [5.74, 6) is -2.09. The molecular formula is C14H12ClFN2O2. The lowest BCUT2D eigenvalue weighted by Gasteiger charge is -2.21. The van der Waals surface area contributed by atoms with Gasteiger partial charge in [0.2, 0.25) is 0 Å². The molecule has 2 rings (SSSR count). The largest absolute Gasteiger partial charge is 0.305 e. The lowest BCUT2D eigenvalue weighted by Crippen LogP contribution is -2.32. The van der Waals surface area contributed by atoms with Gasteiger partial charge in [0.1, 0.15) is 5.82 Å². The number of nitriles is 1. The quantitative estimate of drug-likeness (QED) is 0.805. The predicted molar refractivity (Wildman–Crippen MR) is 72.1 cm³/mol. The van der Waals surface area contributed by atoms with Crippen LogP contribution < -0.4 is 4.90 Å². The first kappa shape index (κ1) is 14.5. The van der Waals surface area contributed by atoms with Crippen molar-refractivity contribution in [3.63, 3.8) is 0 Å². The van der Waals surface area contributed by atoms with Gasteiger partial charge in [-0.15, -0.1) is 0 Å². The van der Waals surface area contributed by atoms with Crippen LogP contribution in [0.4, 0.5) is 10.1 Å². The van der Waals surface area contributed by atoms with E-state index in [0.717, 1.165) is 6.07 Å². The van der Waals surface area contributed by atoms with Gasteiger partial charge in [0, 0.05) is 6.54 Å². The predicted octanol–water partition coefficient (Wildman–Crippen LogP) is 2.95. The average molecular weight is 295 g/mol. The van der Waals surface area contributed by atoms with Crippen LogP contribution in [0.3, 0.4) is 0 Å². The summed E-state index contributed by atoms with van der Waals surface area (Å²) < 4.78 is 13.5. The Morgan fingerprint density at radius 1 is 1.40 bits per heavy atom.